The summed E-state index contributed by atoms with van der Waals surface area (Å²) in [5.74, 6) is -0.0799. The number of esters is 2. The molecule has 9 atom stereocenters. The van der Waals surface area contributed by atoms with Gasteiger partial charge in [0.1, 0.15) is 22.9 Å². The van der Waals surface area contributed by atoms with Crippen molar-refractivity contribution >= 4 is 34.4 Å². The monoisotopic (exact) mass is 862 g/mol. The molecule has 1 aliphatic carbocycles. The van der Waals surface area contributed by atoms with Gasteiger partial charge in [-0.3, -0.25) is 24.2 Å². The van der Waals surface area contributed by atoms with Crippen LogP contribution in [-0.2, 0) is 41.1 Å². The first-order valence-electron chi connectivity index (χ1n) is 23.4. The number of fused-ring (bicyclic) bond motifs is 6. The molecule has 2 bridgehead atoms. The van der Waals surface area contributed by atoms with Gasteiger partial charge in [-0.1, -0.05) is 69.7 Å². The van der Waals surface area contributed by atoms with E-state index in [0.717, 1.165) is 91.0 Å². The van der Waals surface area contributed by atoms with Crippen molar-refractivity contribution in [1.82, 2.24) is 20.1 Å². The van der Waals surface area contributed by atoms with Crippen LogP contribution in [0.3, 0.4) is 0 Å². The first-order valence-corrected chi connectivity index (χ1v) is 23.4. The summed E-state index contributed by atoms with van der Waals surface area (Å²) in [6, 6.07) is 12.0. The van der Waals surface area contributed by atoms with Crippen LogP contribution in [0.25, 0.3) is 10.9 Å². The minimum atomic E-state index is -1.61. The highest BCUT2D eigenvalue weighted by Gasteiger charge is 2.77. The molecule has 0 radical (unpaired) electrons. The van der Waals surface area contributed by atoms with E-state index in [1.807, 2.05) is 27.0 Å². The fraction of sp³-hybridized carbons (Fsp3) is 0.588. The van der Waals surface area contributed by atoms with Gasteiger partial charge in [0.25, 0.3) is 0 Å². The molecule has 1 saturated heterocycles. The number of benzene rings is 2. The molecule has 2 fully saturated rings. The third-order valence-corrected chi connectivity index (χ3v) is 16.1. The molecule has 5 aliphatic heterocycles. The zero-order chi connectivity index (χ0) is 44.6. The maximum Gasteiger partial charge on any atom is 0.322 e. The Bertz CT molecular complexity index is 2370. The van der Waals surface area contributed by atoms with Crippen LogP contribution in [0.15, 0.2) is 60.2 Å². The number of likely N-dealkylation sites (N-methyl/N-ethyl adjacent to an activating group) is 1. The van der Waals surface area contributed by atoms with Crippen LogP contribution in [0.4, 0.5) is 5.69 Å². The molecule has 1 amide bonds. The summed E-state index contributed by atoms with van der Waals surface area (Å²) in [4.78, 5) is 52.9. The largest absolute Gasteiger partial charge is 0.496 e. The van der Waals surface area contributed by atoms with Crippen LogP contribution < -0.4 is 15.0 Å². The van der Waals surface area contributed by atoms with Crippen LogP contribution in [0.2, 0.25) is 0 Å². The quantitative estimate of drug-likeness (QED) is 0.152. The Morgan fingerprint density at radius 2 is 1.86 bits per heavy atom. The summed E-state index contributed by atoms with van der Waals surface area (Å²) >= 11 is 0. The van der Waals surface area contributed by atoms with E-state index in [2.05, 4.69) is 87.4 Å². The zero-order valence-electron chi connectivity index (χ0n) is 38.5. The van der Waals surface area contributed by atoms with E-state index in [0.29, 0.717) is 25.0 Å². The van der Waals surface area contributed by atoms with Crippen molar-refractivity contribution in [2.45, 2.75) is 114 Å². The molecular weight excluding hydrogens is 795 g/mol. The molecule has 9 rings (SSSR count). The summed E-state index contributed by atoms with van der Waals surface area (Å²) in [6.45, 7) is 14.1. The first-order chi connectivity index (χ1) is 30.2. The van der Waals surface area contributed by atoms with E-state index in [1.54, 1.807) is 7.11 Å². The second-order valence-corrected chi connectivity index (χ2v) is 19.9. The molecular formula is C51H67N5O7. The molecule has 3 aromatic rings. The highest BCUT2D eigenvalue weighted by atomic mass is 16.6. The number of nitrogens with zero attached hydrogens (tertiary/aromatic N) is 3. The fourth-order valence-electron chi connectivity index (χ4n) is 13.9. The normalized spacial score (nSPS) is 33.0. The van der Waals surface area contributed by atoms with Crippen LogP contribution in [0.5, 0.6) is 5.75 Å². The molecule has 63 heavy (non-hydrogen) atoms. The van der Waals surface area contributed by atoms with Crippen LogP contribution in [0, 0.1) is 17.3 Å². The molecule has 1 unspecified atom stereocenters. The van der Waals surface area contributed by atoms with Gasteiger partial charge in [-0.15, -0.1) is 0 Å². The molecule has 3 N–H and O–H groups in total. The molecule has 1 saturated carbocycles. The lowest BCUT2D eigenvalue weighted by atomic mass is 9.47. The number of carbonyl (C=O) groups excluding carboxylic acids is 3. The lowest BCUT2D eigenvalue weighted by Gasteiger charge is -2.65. The number of aromatic nitrogens is 1. The minimum absolute atomic E-state index is 0.0464. The lowest BCUT2D eigenvalue weighted by molar-refractivity contribution is -0.220. The summed E-state index contributed by atoms with van der Waals surface area (Å²) in [5, 5.41) is 18.1. The highest BCUT2D eigenvalue weighted by Crippen LogP contribution is 2.68. The number of ether oxygens (including phenoxy) is 3. The molecule has 12 nitrogen and oxygen atoms in total. The maximum atomic E-state index is 15.4. The molecule has 338 valence electrons. The SMILES string of the molecule is CCC1=C[C@H]2CN(CCc3c([nH]c4ccccc34)[C@@](C(=O)OC)(c3cc4c(cc3OC)N(C)[C@H]3[C@@](O)(CCNC(=O)CC(C)C)[C@H](OC(C)=O)[C@]5(CC)C=CCN6CC[C@]43[C@@H]65)C2)C1. The number of H-pyrrole nitrogens is 1. The van der Waals surface area contributed by atoms with Gasteiger partial charge in [-0.2, -0.15) is 0 Å². The van der Waals surface area contributed by atoms with Gasteiger partial charge in [0.05, 0.1) is 20.3 Å². The van der Waals surface area contributed by atoms with E-state index >= 15 is 4.79 Å². The summed E-state index contributed by atoms with van der Waals surface area (Å²) < 4.78 is 19.0. The topological polar surface area (TPSA) is 137 Å². The van der Waals surface area contributed by atoms with E-state index in [-0.39, 0.29) is 42.7 Å². The second-order valence-electron chi connectivity index (χ2n) is 19.9. The molecule has 1 spiro atoms. The van der Waals surface area contributed by atoms with E-state index in [9.17, 15) is 14.7 Å². The Labute approximate surface area is 372 Å². The Morgan fingerprint density at radius 1 is 1.06 bits per heavy atom. The predicted molar refractivity (Wildman–Crippen MR) is 244 cm³/mol. The van der Waals surface area contributed by atoms with E-state index in [4.69, 9.17) is 14.2 Å². The zero-order valence-corrected chi connectivity index (χ0v) is 38.5. The number of methoxy groups -OCH3 is 2. The van der Waals surface area contributed by atoms with E-state index < -0.39 is 40.0 Å². The molecule has 6 heterocycles. The first kappa shape index (κ1) is 43.6. The molecule has 6 aliphatic rings. The van der Waals surface area contributed by atoms with Gasteiger partial charge in [0.2, 0.25) is 5.91 Å². The summed E-state index contributed by atoms with van der Waals surface area (Å²) in [5.41, 5.74) is 2.64. The van der Waals surface area contributed by atoms with Gasteiger partial charge in [-0.25, -0.2) is 0 Å². The molecule has 12 heteroatoms. The number of anilines is 1. The van der Waals surface area contributed by atoms with Crippen molar-refractivity contribution < 1.29 is 33.7 Å². The number of aromatic amines is 1. The number of nitrogens with one attached hydrogen (secondary N) is 2. The van der Waals surface area contributed by atoms with Crippen molar-refractivity contribution in [3.8, 4) is 5.75 Å². The Morgan fingerprint density at radius 3 is 2.57 bits per heavy atom. The van der Waals surface area contributed by atoms with Crippen molar-refractivity contribution in [3.63, 3.8) is 0 Å². The molecule has 1 aromatic heterocycles. The lowest BCUT2D eigenvalue weighted by Crippen LogP contribution is -2.79. The average molecular weight is 862 g/mol. The number of para-hydroxylation sites is 1. The van der Waals surface area contributed by atoms with Crippen LogP contribution in [-0.4, -0.2) is 122 Å². The van der Waals surface area contributed by atoms with Gasteiger partial charge in [0, 0.05) is 104 Å². The number of amides is 1. The number of hydrogen-bond donors (Lipinski definition) is 3. The fourth-order valence-corrected chi connectivity index (χ4v) is 13.9. The van der Waals surface area contributed by atoms with Gasteiger partial charge in [-0.05, 0) is 80.2 Å². The predicted octanol–water partition coefficient (Wildman–Crippen LogP) is 6.18. The van der Waals surface area contributed by atoms with Crippen molar-refractivity contribution in [2.75, 3.05) is 65.4 Å². The van der Waals surface area contributed by atoms with Crippen LogP contribution in [0.1, 0.15) is 95.5 Å². The minimum Gasteiger partial charge on any atom is -0.496 e. The standard InChI is InChI=1S/C51H67N5O7/c1-9-33-25-34-28-50(47(59)62-8,43-36(16-22-55(29-33)30-34)35-14-11-12-15-39(35)53-43)38-26-37-40(27-41(38)61-7)54(6)45-49(37)19-23-56-21-13-17-48(10-2,44(49)56)46(63-32(5)57)51(45,60)18-20-52-42(58)24-31(3)4/h11-15,17,25-27,31,34,44-46,53,60H,9-10,16,18-24,28-30H2,1-8H3,(H,52,58)/t34-,44+,45-,46-,48-,49-,50+,51+/m1/s1. The smallest absolute Gasteiger partial charge is 0.322 e. The summed E-state index contributed by atoms with van der Waals surface area (Å²) in [6.07, 6.45) is 9.92. The number of carbonyl (C=O) groups is 3. The number of hydrogen-bond acceptors (Lipinski definition) is 10. The van der Waals surface area contributed by atoms with Crippen molar-refractivity contribution in [2.24, 2.45) is 17.3 Å². The van der Waals surface area contributed by atoms with Gasteiger partial charge in [0.15, 0.2) is 0 Å². The molecule has 2 aromatic carbocycles. The Balaban J connectivity index is 1.31. The number of aliphatic hydroxyl groups is 1. The maximum absolute atomic E-state index is 15.4. The Hall–Kier alpha value is -4.65. The Kier molecular flexibility index (Phi) is 11.1. The highest BCUT2D eigenvalue weighted by molar-refractivity contribution is 5.94. The van der Waals surface area contributed by atoms with Crippen molar-refractivity contribution in [1.29, 1.82) is 0 Å². The van der Waals surface area contributed by atoms with E-state index in [1.165, 1.54) is 19.6 Å². The third kappa shape index (κ3) is 6.43. The average Bonchev–Trinajstić information content (AvgIpc) is 3.93. The summed E-state index contributed by atoms with van der Waals surface area (Å²) in [7, 11) is 5.20. The number of rotatable bonds is 11. The van der Waals surface area contributed by atoms with Gasteiger partial charge < -0.3 is 34.5 Å². The van der Waals surface area contributed by atoms with Gasteiger partial charge >= 0.3 is 11.9 Å². The third-order valence-electron chi connectivity index (χ3n) is 16.1. The second kappa shape index (κ2) is 16.1. The van der Waals surface area contributed by atoms with Crippen LogP contribution >= 0.6 is 0 Å². The van der Waals surface area contributed by atoms with Crippen molar-refractivity contribution in [3.05, 3.63) is 82.6 Å².